The van der Waals surface area contributed by atoms with Crippen molar-refractivity contribution >= 4 is 5.91 Å². The first-order valence-corrected chi connectivity index (χ1v) is 3.55. The van der Waals surface area contributed by atoms with E-state index in [1.54, 1.807) is 0 Å². The van der Waals surface area contributed by atoms with Gasteiger partial charge in [-0.25, -0.2) is 0 Å². The van der Waals surface area contributed by atoms with Crippen LogP contribution in [0.1, 0.15) is 13.3 Å². The molecule has 1 unspecified atom stereocenters. The Kier molecular flexibility index (Phi) is 2.10. The molecule has 2 N–H and O–H groups in total. The molecule has 1 atom stereocenters. The first-order valence-electron chi connectivity index (χ1n) is 3.55. The summed E-state index contributed by atoms with van der Waals surface area (Å²) in [5, 5.41) is 11.6. The van der Waals surface area contributed by atoms with Crippen molar-refractivity contribution in [1.29, 1.82) is 0 Å². The van der Waals surface area contributed by atoms with E-state index in [9.17, 15) is 9.90 Å². The van der Waals surface area contributed by atoms with E-state index in [-0.39, 0.29) is 5.91 Å². The quantitative estimate of drug-likeness (QED) is 0.600. The highest BCUT2D eigenvalue weighted by Gasteiger charge is 2.26. The number of nitrogens with one attached hydrogen (secondary N) is 1. The van der Waals surface area contributed by atoms with E-state index in [4.69, 9.17) is 0 Å². The molecule has 3 heteroatoms. The molecule has 1 aliphatic heterocycles. The number of aliphatic hydroxyl groups excluding tert-OH is 1. The zero-order chi connectivity index (χ0) is 8.43. The van der Waals surface area contributed by atoms with Crippen LogP contribution < -0.4 is 5.32 Å². The van der Waals surface area contributed by atoms with Gasteiger partial charge >= 0.3 is 0 Å². The van der Waals surface area contributed by atoms with Crippen LogP contribution in [0.3, 0.4) is 0 Å². The highest BCUT2D eigenvalue weighted by molar-refractivity contribution is 5.99. The molecule has 0 fully saturated rings. The van der Waals surface area contributed by atoms with Gasteiger partial charge < -0.3 is 10.4 Å². The largest absolute Gasteiger partial charge is 0.370 e. The molecule has 1 rings (SSSR count). The van der Waals surface area contributed by atoms with E-state index in [0.717, 1.165) is 5.57 Å². The molecule has 11 heavy (non-hydrogen) atoms. The lowest BCUT2D eigenvalue weighted by Gasteiger charge is -2.04. The molecule has 0 saturated heterocycles. The van der Waals surface area contributed by atoms with Crippen LogP contribution in [0.2, 0.25) is 0 Å². The van der Waals surface area contributed by atoms with Crippen LogP contribution >= 0.6 is 0 Å². The SMILES string of the molecule is C=CC1=C(CC)C(O)NC1=O. The topological polar surface area (TPSA) is 49.3 Å². The fraction of sp³-hybridized carbons (Fsp3) is 0.375. The number of rotatable bonds is 2. The monoisotopic (exact) mass is 153 g/mol. The fourth-order valence-corrected chi connectivity index (χ4v) is 1.19. The minimum atomic E-state index is -0.805. The van der Waals surface area contributed by atoms with Crippen LogP contribution in [-0.2, 0) is 4.79 Å². The van der Waals surface area contributed by atoms with Gasteiger partial charge in [-0.3, -0.25) is 4.79 Å². The van der Waals surface area contributed by atoms with Gasteiger partial charge in [0.2, 0.25) is 0 Å². The molecule has 1 heterocycles. The van der Waals surface area contributed by atoms with Gasteiger partial charge in [0.1, 0.15) is 6.23 Å². The van der Waals surface area contributed by atoms with Crippen molar-refractivity contribution in [2.45, 2.75) is 19.6 Å². The zero-order valence-electron chi connectivity index (χ0n) is 6.42. The molecule has 60 valence electrons. The van der Waals surface area contributed by atoms with Gasteiger partial charge in [-0.05, 0) is 12.0 Å². The lowest BCUT2D eigenvalue weighted by atomic mass is 10.1. The van der Waals surface area contributed by atoms with Crippen LogP contribution in [0.25, 0.3) is 0 Å². The van der Waals surface area contributed by atoms with Gasteiger partial charge in [-0.1, -0.05) is 19.6 Å². The minimum absolute atomic E-state index is 0.232. The normalized spacial score (nSPS) is 23.8. The molecule has 3 nitrogen and oxygen atoms in total. The summed E-state index contributed by atoms with van der Waals surface area (Å²) in [6.45, 7) is 5.39. The predicted octanol–water partition coefficient (Wildman–Crippen LogP) is 0.327. The van der Waals surface area contributed by atoms with Crippen molar-refractivity contribution in [3.8, 4) is 0 Å². The van der Waals surface area contributed by atoms with Gasteiger partial charge in [0.25, 0.3) is 5.91 Å². The molecule has 0 saturated carbocycles. The van der Waals surface area contributed by atoms with Gasteiger partial charge in [-0.15, -0.1) is 0 Å². The number of carbonyl (C=O) groups is 1. The summed E-state index contributed by atoms with van der Waals surface area (Å²) >= 11 is 0. The molecule has 0 aromatic rings. The molecule has 0 radical (unpaired) electrons. The van der Waals surface area contributed by atoms with Gasteiger partial charge in [0, 0.05) is 5.57 Å². The van der Waals surface area contributed by atoms with Crippen LogP contribution in [0.4, 0.5) is 0 Å². The zero-order valence-corrected chi connectivity index (χ0v) is 6.42. The van der Waals surface area contributed by atoms with Crippen molar-refractivity contribution in [2.24, 2.45) is 0 Å². The number of carbonyl (C=O) groups excluding carboxylic acids is 1. The Morgan fingerprint density at radius 3 is 2.82 bits per heavy atom. The van der Waals surface area contributed by atoms with E-state index in [0.29, 0.717) is 12.0 Å². The third kappa shape index (κ3) is 1.19. The Morgan fingerprint density at radius 2 is 2.45 bits per heavy atom. The Bertz CT molecular complexity index is 230. The van der Waals surface area contributed by atoms with Crippen LogP contribution in [-0.4, -0.2) is 17.2 Å². The van der Waals surface area contributed by atoms with E-state index in [1.165, 1.54) is 6.08 Å². The van der Waals surface area contributed by atoms with Crippen molar-refractivity contribution in [2.75, 3.05) is 0 Å². The molecular weight excluding hydrogens is 142 g/mol. The maximum absolute atomic E-state index is 11.0. The molecule has 0 spiro atoms. The van der Waals surface area contributed by atoms with E-state index >= 15 is 0 Å². The summed E-state index contributed by atoms with van der Waals surface area (Å²) in [6.07, 6.45) is 1.34. The van der Waals surface area contributed by atoms with E-state index in [1.807, 2.05) is 6.92 Å². The Hall–Kier alpha value is -1.09. The lowest BCUT2D eigenvalue weighted by molar-refractivity contribution is -0.118. The third-order valence-corrected chi connectivity index (χ3v) is 1.77. The summed E-state index contributed by atoms with van der Waals surface area (Å²) in [4.78, 5) is 11.0. The Balaban J connectivity index is 3.01. The molecule has 0 aromatic heterocycles. The Labute approximate surface area is 65.4 Å². The van der Waals surface area contributed by atoms with Crippen molar-refractivity contribution in [3.63, 3.8) is 0 Å². The highest BCUT2D eigenvalue weighted by Crippen LogP contribution is 2.19. The van der Waals surface area contributed by atoms with Gasteiger partial charge in [-0.2, -0.15) is 0 Å². The number of amides is 1. The van der Waals surface area contributed by atoms with Crippen LogP contribution in [0.5, 0.6) is 0 Å². The summed E-state index contributed by atoms with van der Waals surface area (Å²) in [7, 11) is 0. The maximum Gasteiger partial charge on any atom is 0.253 e. The van der Waals surface area contributed by atoms with Crippen molar-refractivity contribution < 1.29 is 9.90 Å². The maximum atomic E-state index is 11.0. The van der Waals surface area contributed by atoms with Crippen molar-refractivity contribution in [3.05, 3.63) is 23.8 Å². The van der Waals surface area contributed by atoms with Gasteiger partial charge in [0.05, 0.1) is 0 Å². The number of hydrogen-bond acceptors (Lipinski definition) is 2. The number of hydrogen-bond donors (Lipinski definition) is 2. The molecule has 0 bridgehead atoms. The van der Waals surface area contributed by atoms with E-state index < -0.39 is 6.23 Å². The summed E-state index contributed by atoms with van der Waals surface area (Å²) in [5.41, 5.74) is 1.24. The second-order valence-corrected chi connectivity index (χ2v) is 2.37. The first kappa shape index (κ1) is 8.01. The summed E-state index contributed by atoms with van der Waals surface area (Å²) < 4.78 is 0. The highest BCUT2D eigenvalue weighted by atomic mass is 16.3. The predicted molar refractivity (Wildman–Crippen MR) is 41.7 cm³/mol. The average molecular weight is 153 g/mol. The van der Waals surface area contributed by atoms with E-state index in [2.05, 4.69) is 11.9 Å². The second kappa shape index (κ2) is 2.88. The third-order valence-electron chi connectivity index (χ3n) is 1.77. The molecule has 1 amide bonds. The van der Waals surface area contributed by atoms with Gasteiger partial charge in [0.15, 0.2) is 0 Å². The first-order chi connectivity index (χ1) is 5.20. The smallest absolute Gasteiger partial charge is 0.253 e. The van der Waals surface area contributed by atoms with Crippen LogP contribution in [0.15, 0.2) is 23.8 Å². The molecule has 0 aliphatic carbocycles. The standard InChI is InChI=1S/C8H11NO2/c1-3-5-6(4-2)8(11)9-7(5)10/h3,8,11H,1,4H2,2H3,(H,9,10). The van der Waals surface area contributed by atoms with Crippen molar-refractivity contribution in [1.82, 2.24) is 5.32 Å². The fourth-order valence-electron chi connectivity index (χ4n) is 1.19. The van der Waals surface area contributed by atoms with Crippen LogP contribution in [0, 0.1) is 0 Å². The second-order valence-electron chi connectivity index (χ2n) is 2.37. The number of aliphatic hydroxyl groups is 1. The lowest BCUT2D eigenvalue weighted by Crippen LogP contribution is -2.27. The molecule has 1 aliphatic rings. The summed E-state index contributed by atoms with van der Waals surface area (Å²) in [6, 6.07) is 0. The minimum Gasteiger partial charge on any atom is -0.370 e. The molecular formula is C8H11NO2. The molecule has 0 aromatic carbocycles. The average Bonchev–Trinajstić information content (AvgIpc) is 2.24. The Morgan fingerprint density at radius 1 is 1.82 bits per heavy atom. The summed E-state index contributed by atoms with van der Waals surface area (Å²) in [5.74, 6) is -0.232.